The van der Waals surface area contributed by atoms with Gasteiger partial charge >= 0.3 is 22.9 Å². The molecule has 0 spiro atoms. The summed E-state index contributed by atoms with van der Waals surface area (Å²) in [5, 5.41) is 11.1. The van der Waals surface area contributed by atoms with Crippen LogP contribution in [-0.2, 0) is 4.79 Å². The second kappa shape index (κ2) is 7.99. The Balaban J connectivity index is 2.55. The van der Waals surface area contributed by atoms with E-state index in [2.05, 4.69) is 4.98 Å². The fourth-order valence-corrected chi connectivity index (χ4v) is 2.22. The molecule has 0 amide bonds. The van der Waals surface area contributed by atoms with Crippen molar-refractivity contribution in [3.05, 3.63) is 54.3 Å². The maximum atomic E-state index is 11.6. The fraction of sp³-hybridized carbons (Fsp3) is 0.188. The van der Waals surface area contributed by atoms with Crippen molar-refractivity contribution in [2.24, 2.45) is 0 Å². The van der Waals surface area contributed by atoms with Crippen molar-refractivity contribution in [2.45, 2.75) is 6.92 Å². The molecule has 0 unspecified atom stereocenters. The van der Waals surface area contributed by atoms with Crippen LogP contribution in [0.1, 0.15) is 18.2 Å². The number of H-pyrrole nitrogens is 2. The van der Waals surface area contributed by atoms with Crippen LogP contribution in [0.2, 0.25) is 0 Å². The van der Waals surface area contributed by atoms with Crippen molar-refractivity contribution < 1.29 is 23.9 Å². The van der Waals surface area contributed by atoms with Gasteiger partial charge in [-0.05, 0) is 23.8 Å². The number of nitrogens with zero attached hydrogens (tertiary/aromatic N) is 1. The zero-order valence-electron chi connectivity index (χ0n) is 14.5. The minimum atomic E-state index is -1.12. The van der Waals surface area contributed by atoms with Crippen LogP contribution >= 0.6 is 0 Å². The average molecular weight is 377 g/mol. The molecule has 0 bridgehead atoms. The van der Waals surface area contributed by atoms with E-state index in [1.54, 1.807) is 4.98 Å². The van der Waals surface area contributed by atoms with Gasteiger partial charge in [-0.3, -0.25) is 24.7 Å². The van der Waals surface area contributed by atoms with E-state index < -0.39 is 27.8 Å². The quantitative estimate of drug-likeness (QED) is 0.328. The normalized spacial score (nSPS) is 10.6. The van der Waals surface area contributed by atoms with E-state index in [0.717, 1.165) is 0 Å². The molecule has 0 saturated carbocycles. The summed E-state index contributed by atoms with van der Waals surface area (Å²) in [5.74, 6) is -0.150. The molecule has 2 N–H and O–H groups in total. The lowest BCUT2D eigenvalue weighted by Gasteiger charge is -2.13. The summed E-state index contributed by atoms with van der Waals surface area (Å²) in [5.41, 5.74) is -2.65. The van der Waals surface area contributed by atoms with E-state index in [0.29, 0.717) is 5.56 Å². The molecule has 11 heteroatoms. The summed E-state index contributed by atoms with van der Waals surface area (Å²) in [6.45, 7) is 1.22. The molecule has 142 valence electrons. The van der Waals surface area contributed by atoms with Crippen LogP contribution in [0.15, 0.2) is 21.7 Å². The Morgan fingerprint density at radius 1 is 1.11 bits per heavy atom. The highest BCUT2D eigenvalue weighted by Gasteiger charge is 2.19. The predicted molar refractivity (Wildman–Crippen MR) is 94.1 cm³/mol. The Morgan fingerprint density at radius 2 is 1.70 bits per heavy atom. The number of methoxy groups -OCH3 is 2. The van der Waals surface area contributed by atoms with Crippen LogP contribution in [0.3, 0.4) is 0 Å². The van der Waals surface area contributed by atoms with Crippen molar-refractivity contribution in [1.29, 1.82) is 0 Å². The van der Waals surface area contributed by atoms with E-state index in [9.17, 15) is 24.5 Å². The highest BCUT2D eigenvalue weighted by molar-refractivity contribution is 5.76. The van der Waals surface area contributed by atoms with Crippen molar-refractivity contribution in [2.75, 3.05) is 14.2 Å². The Bertz CT molecular complexity index is 1010. The van der Waals surface area contributed by atoms with Crippen LogP contribution in [0.25, 0.3) is 12.2 Å². The summed E-state index contributed by atoms with van der Waals surface area (Å²) in [7, 11) is 2.71. The van der Waals surface area contributed by atoms with Gasteiger partial charge < -0.3 is 19.2 Å². The maximum absolute atomic E-state index is 11.6. The first kappa shape index (κ1) is 19.4. The summed E-state index contributed by atoms with van der Waals surface area (Å²) in [6, 6.07) is 2.96. The summed E-state index contributed by atoms with van der Waals surface area (Å²) >= 11 is 0. The highest BCUT2D eigenvalue weighted by atomic mass is 16.6. The molecular weight excluding hydrogens is 362 g/mol. The average Bonchev–Trinajstić information content (AvgIpc) is 2.58. The number of nitrogens with one attached hydrogen (secondary N) is 2. The minimum Gasteiger partial charge on any atom is -0.493 e. The lowest BCUT2D eigenvalue weighted by Crippen LogP contribution is -2.25. The molecule has 0 atom stereocenters. The van der Waals surface area contributed by atoms with Crippen LogP contribution in [0, 0.1) is 10.1 Å². The maximum Gasteiger partial charge on any atom is 0.357 e. The Labute approximate surface area is 151 Å². The third-order valence-electron chi connectivity index (χ3n) is 3.30. The Hall–Kier alpha value is -3.89. The van der Waals surface area contributed by atoms with Gasteiger partial charge in [0.15, 0.2) is 11.5 Å². The van der Waals surface area contributed by atoms with Crippen LogP contribution in [-0.4, -0.2) is 35.1 Å². The number of carbonyl (C=O) groups is 1. The third kappa shape index (κ3) is 4.39. The van der Waals surface area contributed by atoms with Gasteiger partial charge in [0.25, 0.3) is 0 Å². The molecular formula is C16H15N3O8. The van der Waals surface area contributed by atoms with E-state index in [1.165, 1.54) is 45.4 Å². The van der Waals surface area contributed by atoms with Crippen LogP contribution in [0.4, 0.5) is 5.69 Å². The van der Waals surface area contributed by atoms with Crippen LogP contribution in [0.5, 0.6) is 17.2 Å². The monoisotopic (exact) mass is 377 g/mol. The molecule has 2 rings (SSSR count). The molecule has 1 heterocycles. The van der Waals surface area contributed by atoms with Gasteiger partial charge in [-0.2, -0.15) is 0 Å². The number of rotatable bonds is 6. The Kier molecular flexibility index (Phi) is 5.75. The van der Waals surface area contributed by atoms with E-state index in [-0.39, 0.29) is 22.9 Å². The van der Waals surface area contributed by atoms with E-state index >= 15 is 0 Å². The van der Waals surface area contributed by atoms with Gasteiger partial charge in [0, 0.05) is 6.92 Å². The van der Waals surface area contributed by atoms with Crippen molar-refractivity contribution in [3.63, 3.8) is 0 Å². The number of aromatic nitrogens is 2. The van der Waals surface area contributed by atoms with Gasteiger partial charge in [-0.15, -0.1) is 0 Å². The minimum absolute atomic E-state index is 0.0696. The topological polar surface area (TPSA) is 154 Å². The molecule has 0 radical (unpaired) electrons. The smallest absolute Gasteiger partial charge is 0.357 e. The zero-order chi connectivity index (χ0) is 20.1. The lowest BCUT2D eigenvalue weighted by molar-refractivity contribution is -0.386. The molecule has 1 aromatic carbocycles. The fourth-order valence-electron chi connectivity index (χ4n) is 2.22. The largest absolute Gasteiger partial charge is 0.493 e. The number of aromatic amines is 2. The number of hydrogen-bond acceptors (Lipinski definition) is 8. The third-order valence-corrected chi connectivity index (χ3v) is 3.30. The second-order valence-corrected chi connectivity index (χ2v) is 5.11. The number of hydrogen-bond donors (Lipinski definition) is 2. The van der Waals surface area contributed by atoms with Crippen molar-refractivity contribution in [3.8, 4) is 17.2 Å². The number of carbonyl (C=O) groups excluding carboxylic acids is 1. The van der Waals surface area contributed by atoms with E-state index in [4.69, 9.17) is 14.2 Å². The molecule has 0 aliphatic heterocycles. The number of nitro groups is 1. The molecule has 0 aliphatic carbocycles. The summed E-state index contributed by atoms with van der Waals surface area (Å²) in [4.78, 5) is 48.4. The lowest BCUT2D eigenvalue weighted by atomic mass is 10.1. The van der Waals surface area contributed by atoms with Crippen LogP contribution < -0.4 is 25.5 Å². The number of benzene rings is 1. The molecule has 2 aromatic rings. The second-order valence-electron chi connectivity index (χ2n) is 5.11. The molecule has 11 nitrogen and oxygen atoms in total. The zero-order valence-corrected chi connectivity index (χ0v) is 14.5. The molecule has 0 fully saturated rings. The number of esters is 1. The first-order valence-corrected chi connectivity index (χ1v) is 7.40. The van der Waals surface area contributed by atoms with Gasteiger partial charge in [0.05, 0.1) is 19.1 Å². The van der Waals surface area contributed by atoms with Crippen molar-refractivity contribution in [1.82, 2.24) is 9.97 Å². The van der Waals surface area contributed by atoms with Gasteiger partial charge in [-0.1, -0.05) is 6.08 Å². The first-order chi connectivity index (χ1) is 12.8. The SMILES string of the molecule is COc1cc(/C=C/c2[nH]c(=O)[nH]c(=O)c2[N+](=O)[O-])cc(OC)c1OC(C)=O. The van der Waals surface area contributed by atoms with Crippen molar-refractivity contribution >= 4 is 23.8 Å². The van der Waals surface area contributed by atoms with Gasteiger partial charge in [0.1, 0.15) is 5.69 Å². The van der Waals surface area contributed by atoms with Gasteiger partial charge in [-0.25, -0.2) is 4.79 Å². The predicted octanol–water partition coefficient (Wildman–Crippen LogP) is 1.08. The molecule has 27 heavy (non-hydrogen) atoms. The molecule has 1 aromatic heterocycles. The molecule has 0 aliphatic rings. The van der Waals surface area contributed by atoms with E-state index in [1.807, 2.05) is 0 Å². The molecule has 0 saturated heterocycles. The highest BCUT2D eigenvalue weighted by Crippen LogP contribution is 2.39. The Morgan fingerprint density at radius 3 is 2.19 bits per heavy atom. The first-order valence-electron chi connectivity index (χ1n) is 7.40. The number of ether oxygens (including phenoxy) is 3. The van der Waals surface area contributed by atoms with Gasteiger partial charge in [0.2, 0.25) is 5.75 Å². The standard InChI is InChI=1S/C16H15N3O8/c1-8(20)27-14-11(25-2)6-9(7-12(14)26-3)4-5-10-13(19(23)24)15(21)18-16(22)17-10/h4-7H,1-3H3,(H2,17,18,21,22)/b5-4+. The summed E-state index contributed by atoms with van der Waals surface area (Å²) < 4.78 is 15.4. The summed E-state index contributed by atoms with van der Waals surface area (Å²) in [6.07, 6.45) is 2.58.